The molecule has 0 radical (unpaired) electrons. The predicted molar refractivity (Wildman–Crippen MR) is 80.8 cm³/mol. The van der Waals surface area contributed by atoms with Crippen LogP contribution >= 0.6 is 11.6 Å². The summed E-state index contributed by atoms with van der Waals surface area (Å²) in [7, 11) is 1.71. The van der Waals surface area contributed by atoms with Gasteiger partial charge in [0, 0.05) is 23.2 Å². The van der Waals surface area contributed by atoms with Crippen molar-refractivity contribution in [3.63, 3.8) is 0 Å². The minimum atomic E-state index is 0.619. The fourth-order valence-corrected chi connectivity index (χ4v) is 3.43. The zero-order valence-electron chi connectivity index (χ0n) is 12.1. The molecule has 3 unspecified atom stereocenters. The molecule has 3 heteroatoms. The molecule has 19 heavy (non-hydrogen) atoms. The Balaban J connectivity index is 1.97. The van der Waals surface area contributed by atoms with Crippen molar-refractivity contribution in [2.45, 2.75) is 45.7 Å². The fourth-order valence-electron chi connectivity index (χ4n) is 3.24. The second kappa shape index (κ2) is 6.62. The van der Waals surface area contributed by atoms with Crippen LogP contribution in [0.25, 0.3) is 0 Å². The van der Waals surface area contributed by atoms with Gasteiger partial charge in [-0.05, 0) is 42.9 Å². The Morgan fingerprint density at radius 3 is 2.79 bits per heavy atom. The number of benzene rings is 1. The van der Waals surface area contributed by atoms with Crippen molar-refractivity contribution >= 4 is 11.6 Å². The van der Waals surface area contributed by atoms with Crippen molar-refractivity contribution in [1.82, 2.24) is 5.32 Å². The molecule has 106 valence electrons. The normalized spacial score (nSPS) is 26.6. The van der Waals surface area contributed by atoms with Gasteiger partial charge in [0.2, 0.25) is 0 Å². The maximum absolute atomic E-state index is 6.06. The van der Waals surface area contributed by atoms with Gasteiger partial charge in [-0.1, -0.05) is 31.9 Å². The number of methoxy groups -OCH3 is 1. The largest absolute Gasteiger partial charge is 0.496 e. The van der Waals surface area contributed by atoms with Crippen LogP contribution in [-0.2, 0) is 6.54 Å². The summed E-state index contributed by atoms with van der Waals surface area (Å²) < 4.78 is 5.39. The molecule has 1 aliphatic carbocycles. The molecule has 1 saturated carbocycles. The highest BCUT2D eigenvalue weighted by Crippen LogP contribution is 2.34. The predicted octanol–water partition coefficient (Wildman–Crippen LogP) is 4.26. The maximum atomic E-state index is 6.06. The van der Waals surface area contributed by atoms with Crippen LogP contribution in [-0.4, -0.2) is 13.2 Å². The zero-order valence-corrected chi connectivity index (χ0v) is 12.8. The minimum Gasteiger partial charge on any atom is -0.496 e. The van der Waals surface area contributed by atoms with Crippen LogP contribution in [0.15, 0.2) is 18.2 Å². The molecule has 1 aliphatic rings. The third-order valence-corrected chi connectivity index (χ3v) is 4.78. The van der Waals surface area contributed by atoms with Gasteiger partial charge in [0.05, 0.1) is 7.11 Å². The van der Waals surface area contributed by atoms with Gasteiger partial charge in [-0.25, -0.2) is 0 Å². The fraction of sp³-hybridized carbons (Fsp3) is 0.625. The van der Waals surface area contributed by atoms with E-state index in [2.05, 4.69) is 19.2 Å². The van der Waals surface area contributed by atoms with Gasteiger partial charge in [0.15, 0.2) is 0 Å². The van der Waals surface area contributed by atoms with Crippen LogP contribution in [0, 0.1) is 11.8 Å². The van der Waals surface area contributed by atoms with E-state index in [9.17, 15) is 0 Å². The van der Waals surface area contributed by atoms with E-state index in [1.165, 1.54) is 19.3 Å². The number of rotatable bonds is 5. The van der Waals surface area contributed by atoms with Gasteiger partial charge >= 0.3 is 0 Å². The first-order valence-corrected chi connectivity index (χ1v) is 7.59. The highest BCUT2D eigenvalue weighted by molar-refractivity contribution is 6.30. The Hall–Kier alpha value is -0.730. The number of halogens is 1. The Labute approximate surface area is 121 Å². The van der Waals surface area contributed by atoms with Gasteiger partial charge in [-0.3, -0.25) is 0 Å². The average molecular weight is 282 g/mol. The molecule has 0 spiro atoms. The van der Waals surface area contributed by atoms with Gasteiger partial charge < -0.3 is 10.1 Å². The summed E-state index contributed by atoms with van der Waals surface area (Å²) in [5.74, 6) is 2.54. The molecule has 2 nitrogen and oxygen atoms in total. The van der Waals surface area contributed by atoms with Crippen LogP contribution < -0.4 is 10.1 Å². The standard InChI is InChI=1S/C16H24ClNO/c1-4-12-5-7-15(11(12)2)18-10-13-9-14(17)6-8-16(13)19-3/h6,8-9,11-12,15,18H,4-5,7,10H2,1-3H3. The molecule has 0 saturated heterocycles. The minimum absolute atomic E-state index is 0.619. The molecule has 0 heterocycles. The lowest BCUT2D eigenvalue weighted by Crippen LogP contribution is -2.32. The molecule has 0 amide bonds. The van der Waals surface area contributed by atoms with Crippen molar-refractivity contribution in [2.75, 3.05) is 7.11 Å². The first-order chi connectivity index (χ1) is 9.15. The van der Waals surface area contributed by atoms with E-state index >= 15 is 0 Å². The van der Waals surface area contributed by atoms with E-state index < -0.39 is 0 Å². The van der Waals surface area contributed by atoms with Crippen LogP contribution in [0.2, 0.25) is 5.02 Å². The Bertz CT molecular complexity index is 421. The Kier molecular flexibility index (Phi) is 5.12. The molecule has 2 rings (SSSR count). The van der Waals surface area contributed by atoms with Crippen LogP contribution in [0.1, 0.15) is 38.7 Å². The van der Waals surface area contributed by atoms with E-state index in [1.807, 2.05) is 18.2 Å². The molecule has 1 aromatic rings. The third-order valence-electron chi connectivity index (χ3n) is 4.55. The maximum Gasteiger partial charge on any atom is 0.123 e. The molecule has 3 atom stereocenters. The zero-order chi connectivity index (χ0) is 13.8. The molecule has 0 aliphatic heterocycles. The number of hydrogen-bond acceptors (Lipinski definition) is 2. The van der Waals surface area contributed by atoms with Gasteiger partial charge in [-0.15, -0.1) is 0 Å². The van der Waals surface area contributed by atoms with Crippen molar-refractivity contribution in [2.24, 2.45) is 11.8 Å². The summed E-state index contributed by atoms with van der Waals surface area (Å²) in [6, 6.07) is 6.42. The van der Waals surface area contributed by atoms with Gasteiger partial charge in [0.1, 0.15) is 5.75 Å². The second-order valence-corrected chi connectivity index (χ2v) is 5.98. The molecular formula is C16H24ClNO. The molecule has 1 aromatic carbocycles. The Morgan fingerprint density at radius 2 is 2.16 bits per heavy atom. The second-order valence-electron chi connectivity index (χ2n) is 5.55. The average Bonchev–Trinajstić information content (AvgIpc) is 2.77. The number of nitrogens with one attached hydrogen (secondary N) is 1. The van der Waals surface area contributed by atoms with Crippen molar-refractivity contribution in [1.29, 1.82) is 0 Å². The van der Waals surface area contributed by atoms with Crippen molar-refractivity contribution in [3.05, 3.63) is 28.8 Å². The van der Waals surface area contributed by atoms with Crippen LogP contribution in [0.5, 0.6) is 5.75 Å². The van der Waals surface area contributed by atoms with E-state index in [0.29, 0.717) is 6.04 Å². The van der Waals surface area contributed by atoms with Crippen LogP contribution in [0.4, 0.5) is 0 Å². The summed E-state index contributed by atoms with van der Waals surface area (Å²) in [5.41, 5.74) is 1.14. The third kappa shape index (κ3) is 3.43. The first-order valence-electron chi connectivity index (χ1n) is 7.21. The number of hydrogen-bond donors (Lipinski definition) is 1. The molecule has 0 bridgehead atoms. The van der Waals surface area contributed by atoms with E-state index in [4.69, 9.17) is 16.3 Å². The number of ether oxygens (including phenoxy) is 1. The summed E-state index contributed by atoms with van der Waals surface area (Å²) >= 11 is 6.06. The monoisotopic (exact) mass is 281 g/mol. The SMILES string of the molecule is CCC1CCC(NCc2cc(Cl)ccc2OC)C1C. The first kappa shape index (κ1) is 14.7. The molecule has 0 aromatic heterocycles. The van der Waals surface area contributed by atoms with E-state index in [-0.39, 0.29) is 0 Å². The smallest absolute Gasteiger partial charge is 0.123 e. The van der Waals surface area contributed by atoms with Gasteiger partial charge in [-0.2, -0.15) is 0 Å². The molecule has 1 fully saturated rings. The van der Waals surface area contributed by atoms with E-state index in [0.717, 1.165) is 34.7 Å². The lowest BCUT2D eigenvalue weighted by molar-refractivity contribution is 0.341. The van der Waals surface area contributed by atoms with Crippen molar-refractivity contribution in [3.8, 4) is 5.75 Å². The molecular weight excluding hydrogens is 258 g/mol. The quantitative estimate of drug-likeness (QED) is 0.871. The van der Waals surface area contributed by atoms with E-state index in [1.54, 1.807) is 7.11 Å². The molecule has 1 N–H and O–H groups in total. The summed E-state index contributed by atoms with van der Waals surface area (Å²) in [6.45, 7) is 5.49. The highest BCUT2D eigenvalue weighted by Gasteiger charge is 2.31. The highest BCUT2D eigenvalue weighted by atomic mass is 35.5. The Morgan fingerprint density at radius 1 is 1.37 bits per heavy atom. The van der Waals surface area contributed by atoms with Crippen LogP contribution in [0.3, 0.4) is 0 Å². The van der Waals surface area contributed by atoms with Gasteiger partial charge in [0.25, 0.3) is 0 Å². The summed E-state index contributed by atoms with van der Waals surface area (Å²) in [4.78, 5) is 0. The summed E-state index contributed by atoms with van der Waals surface area (Å²) in [5, 5.41) is 4.44. The van der Waals surface area contributed by atoms with Crippen molar-refractivity contribution < 1.29 is 4.74 Å². The summed E-state index contributed by atoms with van der Waals surface area (Å²) in [6.07, 6.45) is 3.92. The topological polar surface area (TPSA) is 21.3 Å². The lowest BCUT2D eigenvalue weighted by Gasteiger charge is -2.21. The lowest BCUT2D eigenvalue weighted by atomic mass is 9.93.